The number of hydrogen-bond donors (Lipinski definition) is 1. The van der Waals surface area contributed by atoms with Crippen LogP contribution in [0.25, 0.3) is 10.2 Å². The molecule has 35 heavy (non-hydrogen) atoms. The number of fused-ring (bicyclic) bond motifs is 3. The molecule has 7 heteroatoms. The van der Waals surface area contributed by atoms with Crippen molar-refractivity contribution in [3.05, 3.63) is 52.5 Å². The number of rotatable bonds is 6. The van der Waals surface area contributed by atoms with Gasteiger partial charge in [0.2, 0.25) is 5.91 Å². The van der Waals surface area contributed by atoms with Gasteiger partial charge >= 0.3 is 0 Å². The topological polar surface area (TPSA) is 63.6 Å². The van der Waals surface area contributed by atoms with E-state index in [4.69, 9.17) is 4.74 Å². The minimum Gasteiger partial charge on any atom is -0.496 e. The molecule has 1 aliphatic heterocycles. The second-order valence-corrected chi connectivity index (χ2v) is 11.5. The van der Waals surface area contributed by atoms with Gasteiger partial charge in [-0.1, -0.05) is 32.0 Å². The Labute approximate surface area is 211 Å². The van der Waals surface area contributed by atoms with Crippen molar-refractivity contribution in [3.8, 4) is 5.75 Å². The summed E-state index contributed by atoms with van der Waals surface area (Å²) in [6.45, 7) is 7.08. The zero-order valence-corrected chi connectivity index (χ0v) is 21.9. The third-order valence-corrected chi connectivity index (χ3v) is 9.09. The average molecular weight is 494 g/mol. The molecule has 1 aliphatic carbocycles. The molecule has 1 aromatic carbocycles. The van der Waals surface area contributed by atoms with Crippen LogP contribution in [-0.2, 0) is 24.3 Å². The number of benzene rings is 1. The van der Waals surface area contributed by atoms with Crippen LogP contribution in [0.4, 0.5) is 0 Å². The third kappa shape index (κ3) is 4.24. The number of hydrogen-bond acceptors (Lipinski definition) is 4. The monoisotopic (exact) mass is 493 g/mol. The SMILES string of the molecule is CCc1cc2c(cc3n2C[C@@](C)(C(=O)NC2CCC(C)CC2)N(Cc2ccccc2OC)C3=O)s1. The first-order valence-corrected chi connectivity index (χ1v) is 13.5. The molecule has 0 spiro atoms. The van der Waals surface area contributed by atoms with E-state index in [9.17, 15) is 9.59 Å². The van der Waals surface area contributed by atoms with Gasteiger partial charge in [-0.15, -0.1) is 11.3 Å². The van der Waals surface area contributed by atoms with Crippen LogP contribution in [0, 0.1) is 5.92 Å². The quantitative estimate of drug-likeness (QED) is 0.501. The van der Waals surface area contributed by atoms with E-state index in [0.29, 0.717) is 24.7 Å². The smallest absolute Gasteiger partial charge is 0.271 e. The molecule has 5 rings (SSSR count). The fourth-order valence-electron chi connectivity index (χ4n) is 5.56. The number of amides is 2. The summed E-state index contributed by atoms with van der Waals surface area (Å²) >= 11 is 1.73. The number of nitrogens with zero attached hydrogens (tertiary/aromatic N) is 2. The number of ether oxygens (including phenoxy) is 1. The number of nitrogens with one attached hydrogen (secondary N) is 1. The van der Waals surface area contributed by atoms with E-state index in [1.807, 2.05) is 37.3 Å². The van der Waals surface area contributed by atoms with E-state index in [2.05, 4.69) is 29.8 Å². The first-order valence-electron chi connectivity index (χ1n) is 12.7. The lowest BCUT2D eigenvalue weighted by molar-refractivity contribution is -0.134. The number of aryl methyl sites for hydroxylation is 1. The Morgan fingerprint density at radius 2 is 1.94 bits per heavy atom. The molecule has 6 nitrogen and oxygen atoms in total. The van der Waals surface area contributed by atoms with Crippen molar-refractivity contribution in [1.29, 1.82) is 0 Å². The predicted molar refractivity (Wildman–Crippen MR) is 140 cm³/mol. The van der Waals surface area contributed by atoms with Gasteiger partial charge in [-0.2, -0.15) is 0 Å². The lowest BCUT2D eigenvalue weighted by Gasteiger charge is -2.45. The molecule has 0 saturated heterocycles. The highest BCUT2D eigenvalue weighted by Crippen LogP contribution is 2.38. The normalized spacial score (nSPS) is 24.5. The maximum absolute atomic E-state index is 14.0. The molecule has 3 heterocycles. The summed E-state index contributed by atoms with van der Waals surface area (Å²) in [5.74, 6) is 1.25. The Hall–Kier alpha value is -2.80. The van der Waals surface area contributed by atoms with Crippen molar-refractivity contribution in [3.63, 3.8) is 0 Å². The summed E-state index contributed by atoms with van der Waals surface area (Å²) in [4.78, 5) is 31.0. The van der Waals surface area contributed by atoms with E-state index in [1.165, 1.54) is 4.88 Å². The van der Waals surface area contributed by atoms with Gasteiger partial charge in [-0.05, 0) is 63.1 Å². The van der Waals surface area contributed by atoms with Gasteiger partial charge < -0.3 is 19.5 Å². The fraction of sp³-hybridized carbons (Fsp3) is 0.500. The number of thiophene rings is 1. The second-order valence-electron chi connectivity index (χ2n) is 10.3. The molecule has 1 saturated carbocycles. The van der Waals surface area contributed by atoms with Gasteiger partial charge in [0.25, 0.3) is 5.91 Å². The van der Waals surface area contributed by atoms with Gasteiger partial charge in [-0.25, -0.2) is 0 Å². The zero-order chi connectivity index (χ0) is 24.7. The highest BCUT2D eigenvalue weighted by molar-refractivity contribution is 7.19. The molecule has 1 atom stereocenters. The highest BCUT2D eigenvalue weighted by Gasteiger charge is 2.48. The van der Waals surface area contributed by atoms with Crippen molar-refractivity contribution >= 4 is 33.4 Å². The van der Waals surface area contributed by atoms with Crippen LogP contribution in [0.15, 0.2) is 36.4 Å². The van der Waals surface area contributed by atoms with Gasteiger partial charge in [0.15, 0.2) is 0 Å². The molecule has 2 aliphatic rings. The lowest BCUT2D eigenvalue weighted by atomic mass is 9.86. The molecule has 1 fully saturated rings. The molecule has 0 unspecified atom stereocenters. The van der Waals surface area contributed by atoms with E-state index in [-0.39, 0.29) is 17.9 Å². The summed E-state index contributed by atoms with van der Waals surface area (Å²) in [5.41, 5.74) is 1.58. The molecule has 2 aromatic heterocycles. The number of methoxy groups -OCH3 is 1. The van der Waals surface area contributed by atoms with Crippen LogP contribution in [0.5, 0.6) is 5.75 Å². The summed E-state index contributed by atoms with van der Waals surface area (Å²) < 4.78 is 8.74. The Kier molecular flexibility index (Phi) is 6.38. The van der Waals surface area contributed by atoms with Gasteiger partial charge in [0.1, 0.15) is 17.0 Å². The Morgan fingerprint density at radius 1 is 1.20 bits per heavy atom. The number of para-hydroxylation sites is 1. The molecule has 186 valence electrons. The maximum Gasteiger partial charge on any atom is 0.271 e. The molecule has 0 radical (unpaired) electrons. The average Bonchev–Trinajstić information content (AvgIpc) is 3.42. The van der Waals surface area contributed by atoms with Crippen LogP contribution in [0.1, 0.15) is 67.4 Å². The van der Waals surface area contributed by atoms with Crippen LogP contribution < -0.4 is 10.1 Å². The predicted octanol–water partition coefficient (Wildman–Crippen LogP) is 5.38. The molecule has 0 bridgehead atoms. The molecular formula is C28H35N3O3S. The maximum atomic E-state index is 14.0. The van der Waals surface area contributed by atoms with Crippen molar-refractivity contribution in [2.24, 2.45) is 5.92 Å². The van der Waals surface area contributed by atoms with Crippen LogP contribution in [-0.4, -0.2) is 40.0 Å². The number of aromatic nitrogens is 1. The van der Waals surface area contributed by atoms with E-state index in [0.717, 1.165) is 53.6 Å². The van der Waals surface area contributed by atoms with Gasteiger partial charge in [0.05, 0.1) is 30.4 Å². The fourth-order valence-corrected chi connectivity index (χ4v) is 6.60. The van der Waals surface area contributed by atoms with Crippen molar-refractivity contribution in [1.82, 2.24) is 14.8 Å². The van der Waals surface area contributed by atoms with Crippen molar-refractivity contribution in [2.75, 3.05) is 7.11 Å². The Bertz CT molecular complexity index is 1250. The van der Waals surface area contributed by atoms with Gasteiger partial charge in [-0.3, -0.25) is 9.59 Å². The second kappa shape index (κ2) is 9.34. The summed E-state index contributed by atoms with van der Waals surface area (Å²) in [7, 11) is 1.64. The van der Waals surface area contributed by atoms with Crippen LogP contribution in [0.2, 0.25) is 0 Å². The zero-order valence-electron chi connectivity index (χ0n) is 21.1. The minimum absolute atomic E-state index is 0.0706. The van der Waals surface area contributed by atoms with Gasteiger partial charge in [0, 0.05) is 16.5 Å². The number of carbonyl (C=O) groups is 2. The Morgan fingerprint density at radius 3 is 2.66 bits per heavy atom. The summed E-state index contributed by atoms with van der Waals surface area (Å²) in [6, 6.07) is 12.1. The summed E-state index contributed by atoms with van der Waals surface area (Å²) in [6.07, 6.45) is 5.20. The molecular weight excluding hydrogens is 458 g/mol. The number of carbonyl (C=O) groups excluding carboxylic acids is 2. The van der Waals surface area contributed by atoms with E-state index >= 15 is 0 Å². The van der Waals surface area contributed by atoms with E-state index < -0.39 is 5.54 Å². The first-order chi connectivity index (χ1) is 16.8. The Balaban J connectivity index is 1.54. The third-order valence-electron chi connectivity index (χ3n) is 7.88. The molecule has 2 amide bonds. The van der Waals surface area contributed by atoms with Crippen molar-refractivity contribution in [2.45, 2.75) is 77.5 Å². The highest BCUT2D eigenvalue weighted by atomic mass is 32.1. The van der Waals surface area contributed by atoms with Crippen molar-refractivity contribution < 1.29 is 14.3 Å². The molecule has 1 N–H and O–H groups in total. The lowest BCUT2D eigenvalue weighted by Crippen LogP contribution is -2.64. The standard InChI is InChI=1S/C28H35N3O3S/c1-5-21-14-22-25(35-21)15-23-26(32)31(16-19-8-6-7-9-24(19)34-4)28(3,17-30(22)23)27(33)29-20-12-10-18(2)11-13-20/h6-9,14-15,18,20H,5,10-13,16-17H2,1-4H3,(H,29,33)/t18?,20?,28-/m0/s1. The van der Waals surface area contributed by atoms with Crippen LogP contribution in [0.3, 0.4) is 0 Å². The largest absolute Gasteiger partial charge is 0.496 e. The molecule has 3 aromatic rings. The minimum atomic E-state index is -1.02. The van der Waals surface area contributed by atoms with E-state index in [1.54, 1.807) is 23.3 Å². The summed E-state index contributed by atoms with van der Waals surface area (Å²) in [5, 5.41) is 3.33. The first kappa shape index (κ1) is 23.9. The van der Waals surface area contributed by atoms with Crippen LogP contribution >= 0.6 is 11.3 Å².